The lowest BCUT2D eigenvalue weighted by atomic mass is 10.0. The molecule has 2 rings (SSSR count). The lowest BCUT2D eigenvalue weighted by Gasteiger charge is -2.01. The second-order valence-corrected chi connectivity index (χ2v) is 5.90. The van der Waals surface area contributed by atoms with Crippen molar-refractivity contribution in [1.82, 2.24) is 0 Å². The highest BCUT2D eigenvalue weighted by Crippen LogP contribution is 2.34. The van der Waals surface area contributed by atoms with Crippen molar-refractivity contribution >= 4 is 5.97 Å². The van der Waals surface area contributed by atoms with Crippen molar-refractivity contribution in [2.24, 2.45) is 0 Å². The van der Waals surface area contributed by atoms with E-state index in [0.717, 1.165) is 36.0 Å². The van der Waals surface area contributed by atoms with Crippen LogP contribution in [0, 0.1) is 0 Å². The summed E-state index contributed by atoms with van der Waals surface area (Å²) in [6.07, 6.45) is 2.54. The van der Waals surface area contributed by atoms with Gasteiger partial charge in [0.2, 0.25) is 0 Å². The van der Waals surface area contributed by atoms with Crippen molar-refractivity contribution < 1.29 is 14.6 Å². The van der Waals surface area contributed by atoms with Gasteiger partial charge in [-0.3, -0.25) is 0 Å². The zero-order valence-corrected chi connectivity index (χ0v) is 13.6. The molecule has 0 amide bonds. The Hall–Kier alpha value is -1.87. The van der Waals surface area contributed by atoms with E-state index in [1.54, 1.807) is 0 Å². The van der Waals surface area contributed by atoms with E-state index >= 15 is 0 Å². The van der Waals surface area contributed by atoms with Gasteiger partial charge >= 0.3 is 5.97 Å². The van der Waals surface area contributed by atoms with Crippen LogP contribution in [0.15, 0.2) is 30.3 Å². The van der Waals surface area contributed by atoms with Gasteiger partial charge in [-0.15, -0.1) is 0 Å². The van der Waals surface area contributed by atoms with Gasteiger partial charge in [0.05, 0.1) is 12.7 Å². The molecule has 0 aromatic heterocycles. The number of hydrogen-bond donors (Lipinski definition) is 1. The molecule has 3 nitrogen and oxygen atoms in total. The van der Waals surface area contributed by atoms with Crippen LogP contribution in [0.2, 0.25) is 0 Å². The molecular formula is C19H24O3. The molecule has 0 aliphatic heterocycles. The van der Waals surface area contributed by atoms with Gasteiger partial charge in [-0.05, 0) is 53.5 Å². The van der Waals surface area contributed by atoms with Gasteiger partial charge < -0.3 is 9.84 Å². The first-order chi connectivity index (χ1) is 10.6. The lowest BCUT2D eigenvalue weighted by Crippen LogP contribution is -2.00. The summed E-state index contributed by atoms with van der Waals surface area (Å²) in [4.78, 5) is 12.0. The van der Waals surface area contributed by atoms with Gasteiger partial charge in [-0.2, -0.15) is 0 Å². The van der Waals surface area contributed by atoms with E-state index in [1.165, 1.54) is 12.7 Å². The van der Waals surface area contributed by atoms with E-state index in [4.69, 9.17) is 9.84 Å². The van der Waals surface area contributed by atoms with E-state index in [0.29, 0.717) is 11.5 Å². The first-order valence-corrected chi connectivity index (χ1v) is 7.83. The van der Waals surface area contributed by atoms with Crippen LogP contribution in [0.1, 0.15) is 54.1 Å². The van der Waals surface area contributed by atoms with E-state index < -0.39 is 0 Å². The minimum absolute atomic E-state index is 0.202. The number of esters is 1. The van der Waals surface area contributed by atoms with Gasteiger partial charge in [-0.25, -0.2) is 4.79 Å². The van der Waals surface area contributed by atoms with Gasteiger partial charge in [0, 0.05) is 6.61 Å². The van der Waals surface area contributed by atoms with Crippen LogP contribution >= 0.6 is 0 Å². The predicted octanol–water partition coefficient (Wildman–Crippen LogP) is 4.02. The van der Waals surface area contributed by atoms with E-state index in [1.807, 2.05) is 12.1 Å². The normalized spacial score (nSPS) is 11.1. The largest absolute Gasteiger partial charge is 0.465 e. The third-order valence-corrected chi connectivity index (χ3v) is 4.06. The molecule has 2 aliphatic carbocycles. The summed E-state index contributed by atoms with van der Waals surface area (Å²) >= 11 is 0. The van der Waals surface area contributed by atoms with Crippen molar-refractivity contribution in [2.75, 3.05) is 13.7 Å². The molecule has 0 atom stereocenters. The Kier molecular flexibility index (Phi) is 5.56. The standard InChI is InChI=1S/C19H24O3/c1-13(2)14-7-9-16-15(6-4-5-11-20)12-18(19(21)22-3)17(16)10-8-14/h7-10,12-13,20H,4-6,11H2,1-3H3. The number of aliphatic hydroxyl groups is 1. The van der Waals surface area contributed by atoms with Gasteiger partial charge in [-0.1, -0.05) is 38.1 Å². The molecule has 0 aromatic rings. The average molecular weight is 300 g/mol. The third kappa shape index (κ3) is 3.47. The Morgan fingerprint density at radius 3 is 2.41 bits per heavy atom. The number of aryl methyl sites for hydroxylation is 1. The maximum Gasteiger partial charge on any atom is 0.338 e. The zero-order chi connectivity index (χ0) is 16.1. The smallest absolute Gasteiger partial charge is 0.338 e. The maximum atomic E-state index is 12.0. The second-order valence-electron chi connectivity index (χ2n) is 5.90. The van der Waals surface area contributed by atoms with Crippen LogP contribution in [-0.4, -0.2) is 24.8 Å². The number of carbonyl (C=O) groups excluding carboxylic acids is 1. The highest BCUT2D eigenvalue weighted by atomic mass is 16.5. The fourth-order valence-electron chi connectivity index (χ4n) is 2.74. The molecule has 0 unspecified atom stereocenters. The van der Waals surface area contributed by atoms with Crippen LogP contribution in [-0.2, 0) is 11.2 Å². The molecule has 22 heavy (non-hydrogen) atoms. The molecular weight excluding hydrogens is 276 g/mol. The summed E-state index contributed by atoms with van der Waals surface area (Å²) in [5, 5.41) is 8.95. The molecule has 0 bridgehead atoms. The number of hydrogen-bond acceptors (Lipinski definition) is 3. The minimum atomic E-state index is -0.296. The van der Waals surface area contributed by atoms with Gasteiger partial charge in [0.25, 0.3) is 0 Å². The number of ether oxygens (including phenoxy) is 1. The summed E-state index contributed by atoms with van der Waals surface area (Å²) < 4.78 is 4.91. The summed E-state index contributed by atoms with van der Waals surface area (Å²) in [6.45, 7) is 4.51. The van der Waals surface area contributed by atoms with Crippen LogP contribution < -0.4 is 0 Å². The van der Waals surface area contributed by atoms with Crippen molar-refractivity contribution in [2.45, 2.75) is 39.0 Å². The van der Waals surface area contributed by atoms with E-state index in [9.17, 15) is 4.79 Å². The van der Waals surface area contributed by atoms with Crippen LogP contribution in [0.3, 0.4) is 0 Å². The number of aliphatic hydroxyl groups excluding tert-OH is 1. The average Bonchev–Trinajstić information content (AvgIpc) is 2.70. The maximum absolute atomic E-state index is 12.0. The van der Waals surface area contributed by atoms with Crippen LogP contribution in [0.5, 0.6) is 0 Å². The van der Waals surface area contributed by atoms with Crippen molar-refractivity contribution in [3.8, 4) is 11.1 Å². The van der Waals surface area contributed by atoms with Crippen molar-refractivity contribution in [3.63, 3.8) is 0 Å². The Labute approximate surface area is 132 Å². The lowest BCUT2D eigenvalue weighted by molar-refractivity contribution is 0.0602. The van der Waals surface area contributed by atoms with Crippen LogP contribution in [0.25, 0.3) is 11.1 Å². The number of rotatable bonds is 6. The number of unbranched alkanes of at least 4 members (excludes halogenated alkanes) is 1. The molecule has 0 radical (unpaired) electrons. The molecule has 0 saturated carbocycles. The minimum Gasteiger partial charge on any atom is -0.465 e. The molecule has 0 saturated heterocycles. The quantitative estimate of drug-likeness (QED) is 0.647. The third-order valence-electron chi connectivity index (χ3n) is 4.06. The van der Waals surface area contributed by atoms with Crippen molar-refractivity contribution in [1.29, 1.82) is 0 Å². The molecule has 3 heteroatoms. The highest BCUT2D eigenvalue weighted by Gasteiger charge is 2.20. The molecule has 0 heterocycles. The number of fused-ring (bicyclic) bond motifs is 1. The SMILES string of the molecule is COC(=O)c1cc(CCCCO)c2ccc(C(C)C)ccc1-2. The first-order valence-electron chi connectivity index (χ1n) is 7.83. The molecule has 0 aromatic carbocycles. The van der Waals surface area contributed by atoms with Gasteiger partial charge in [0.15, 0.2) is 0 Å². The first kappa shape index (κ1) is 16.5. The van der Waals surface area contributed by atoms with E-state index in [-0.39, 0.29) is 12.6 Å². The molecule has 1 N–H and O–H groups in total. The van der Waals surface area contributed by atoms with Crippen molar-refractivity contribution in [3.05, 3.63) is 47.0 Å². The highest BCUT2D eigenvalue weighted by molar-refractivity contribution is 6.00. The topological polar surface area (TPSA) is 46.5 Å². The summed E-state index contributed by atoms with van der Waals surface area (Å²) in [5.74, 6) is 0.145. The summed E-state index contributed by atoms with van der Waals surface area (Å²) in [5.41, 5.74) is 5.06. The van der Waals surface area contributed by atoms with Gasteiger partial charge in [0.1, 0.15) is 0 Å². The summed E-state index contributed by atoms with van der Waals surface area (Å²) in [7, 11) is 1.41. The molecule has 2 aliphatic rings. The molecule has 0 fully saturated rings. The Bertz CT molecular complexity index is 616. The fraction of sp³-hybridized carbons (Fsp3) is 0.421. The number of methoxy groups -OCH3 is 1. The predicted molar refractivity (Wildman–Crippen MR) is 88.5 cm³/mol. The fourth-order valence-corrected chi connectivity index (χ4v) is 2.74. The Balaban J connectivity index is 2.48. The number of carbonyl (C=O) groups is 1. The second kappa shape index (κ2) is 7.41. The summed E-state index contributed by atoms with van der Waals surface area (Å²) in [6, 6.07) is 10.3. The van der Waals surface area contributed by atoms with E-state index in [2.05, 4.69) is 32.0 Å². The Morgan fingerprint density at radius 2 is 1.82 bits per heavy atom. The van der Waals surface area contributed by atoms with Crippen LogP contribution in [0.4, 0.5) is 0 Å². The molecule has 118 valence electrons. The Morgan fingerprint density at radius 1 is 1.14 bits per heavy atom. The zero-order valence-electron chi connectivity index (χ0n) is 13.6. The monoisotopic (exact) mass is 300 g/mol. The molecule has 0 spiro atoms.